The lowest BCUT2D eigenvalue weighted by Gasteiger charge is -2.09. The van der Waals surface area contributed by atoms with Gasteiger partial charge in [0.1, 0.15) is 5.75 Å². The van der Waals surface area contributed by atoms with Crippen molar-refractivity contribution in [3.8, 4) is 11.8 Å². The predicted molar refractivity (Wildman–Crippen MR) is 56.5 cm³/mol. The third-order valence-corrected chi connectivity index (χ3v) is 2.31. The van der Waals surface area contributed by atoms with Crippen LogP contribution in [0.1, 0.15) is 12.5 Å². The molecule has 0 N–H and O–H groups in total. The Labute approximate surface area is 89.1 Å². The van der Waals surface area contributed by atoms with Crippen LogP contribution >= 0.6 is 11.6 Å². The third-order valence-electron chi connectivity index (χ3n) is 1.78. The lowest BCUT2D eigenvalue weighted by Crippen LogP contribution is -2.09. The standard InChI is InChI=1S/C11H12ClNO/c1-9(6-12)8-14-11-4-2-10(7-13)3-5-11/h2-5,9H,6,8H2,1H3. The number of ether oxygens (including phenoxy) is 1. The van der Waals surface area contributed by atoms with E-state index in [0.29, 0.717) is 24.0 Å². The van der Waals surface area contributed by atoms with Crippen molar-refractivity contribution in [1.29, 1.82) is 5.26 Å². The highest BCUT2D eigenvalue weighted by atomic mass is 35.5. The molecule has 1 aromatic rings. The van der Waals surface area contributed by atoms with Crippen molar-refractivity contribution in [3.63, 3.8) is 0 Å². The van der Waals surface area contributed by atoms with E-state index in [4.69, 9.17) is 21.6 Å². The van der Waals surface area contributed by atoms with Gasteiger partial charge in [0.2, 0.25) is 0 Å². The van der Waals surface area contributed by atoms with Crippen LogP contribution in [0.15, 0.2) is 24.3 Å². The Morgan fingerprint density at radius 3 is 2.57 bits per heavy atom. The van der Waals surface area contributed by atoms with E-state index in [1.807, 2.05) is 6.92 Å². The summed E-state index contributed by atoms with van der Waals surface area (Å²) < 4.78 is 5.46. The normalized spacial score (nSPS) is 11.8. The fourth-order valence-corrected chi connectivity index (χ4v) is 0.998. The Kier molecular flexibility index (Phi) is 4.28. The zero-order chi connectivity index (χ0) is 10.4. The first-order valence-electron chi connectivity index (χ1n) is 4.45. The summed E-state index contributed by atoms with van der Waals surface area (Å²) in [6.45, 7) is 2.63. The van der Waals surface area contributed by atoms with Gasteiger partial charge in [-0.1, -0.05) is 6.92 Å². The minimum Gasteiger partial charge on any atom is -0.493 e. The second-order valence-electron chi connectivity index (χ2n) is 3.21. The molecule has 14 heavy (non-hydrogen) atoms. The molecule has 0 aliphatic rings. The molecule has 0 spiro atoms. The van der Waals surface area contributed by atoms with E-state index in [0.717, 1.165) is 5.75 Å². The van der Waals surface area contributed by atoms with E-state index in [2.05, 4.69) is 6.07 Å². The number of nitriles is 1. The van der Waals surface area contributed by atoms with Gasteiger partial charge in [-0.15, -0.1) is 11.6 Å². The molecule has 3 heteroatoms. The summed E-state index contributed by atoms with van der Waals surface area (Å²) in [6.07, 6.45) is 0. The maximum atomic E-state index is 8.58. The number of benzene rings is 1. The second kappa shape index (κ2) is 5.51. The van der Waals surface area contributed by atoms with Crippen molar-refractivity contribution in [1.82, 2.24) is 0 Å². The van der Waals surface area contributed by atoms with Crippen LogP contribution in [0.3, 0.4) is 0 Å². The van der Waals surface area contributed by atoms with Gasteiger partial charge in [0.05, 0.1) is 18.2 Å². The molecule has 1 atom stereocenters. The van der Waals surface area contributed by atoms with Crippen LogP contribution in [-0.2, 0) is 0 Å². The molecule has 0 heterocycles. The number of alkyl halides is 1. The molecule has 0 aromatic heterocycles. The van der Waals surface area contributed by atoms with Crippen LogP contribution in [-0.4, -0.2) is 12.5 Å². The van der Waals surface area contributed by atoms with Crippen molar-refractivity contribution in [2.45, 2.75) is 6.92 Å². The molecule has 1 unspecified atom stereocenters. The van der Waals surface area contributed by atoms with Crippen LogP contribution < -0.4 is 4.74 Å². The number of halogens is 1. The smallest absolute Gasteiger partial charge is 0.119 e. The van der Waals surface area contributed by atoms with Crippen molar-refractivity contribution < 1.29 is 4.74 Å². The first-order valence-corrected chi connectivity index (χ1v) is 4.98. The van der Waals surface area contributed by atoms with Gasteiger partial charge in [0.25, 0.3) is 0 Å². The van der Waals surface area contributed by atoms with Crippen molar-refractivity contribution in [2.75, 3.05) is 12.5 Å². The van der Waals surface area contributed by atoms with Crippen molar-refractivity contribution >= 4 is 11.6 Å². The van der Waals surface area contributed by atoms with Crippen molar-refractivity contribution in [3.05, 3.63) is 29.8 Å². The Morgan fingerprint density at radius 2 is 2.07 bits per heavy atom. The second-order valence-corrected chi connectivity index (χ2v) is 3.52. The number of hydrogen-bond acceptors (Lipinski definition) is 2. The molecule has 74 valence electrons. The van der Waals surface area contributed by atoms with Gasteiger partial charge in [-0.25, -0.2) is 0 Å². The molecular formula is C11H12ClNO. The third kappa shape index (κ3) is 3.27. The molecule has 0 bridgehead atoms. The Morgan fingerprint density at radius 1 is 1.43 bits per heavy atom. The summed E-state index contributed by atoms with van der Waals surface area (Å²) in [7, 11) is 0. The first-order chi connectivity index (χ1) is 6.76. The van der Waals surface area contributed by atoms with E-state index < -0.39 is 0 Å². The molecular weight excluding hydrogens is 198 g/mol. The first kappa shape index (κ1) is 10.9. The van der Waals surface area contributed by atoms with E-state index in [1.165, 1.54) is 0 Å². The van der Waals surface area contributed by atoms with Gasteiger partial charge < -0.3 is 4.74 Å². The van der Waals surface area contributed by atoms with E-state index in [1.54, 1.807) is 24.3 Å². The Hall–Kier alpha value is -1.20. The maximum Gasteiger partial charge on any atom is 0.119 e. The highest BCUT2D eigenvalue weighted by Gasteiger charge is 2.00. The monoisotopic (exact) mass is 209 g/mol. The topological polar surface area (TPSA) is 33.0 Å². The molecule has 1 rings (SSSR count). The number of hydrogen-bond donors (Lipinski definition) is 0. The SMILES string of the molecule is CC(CCl)COc1ccc(C#N)cc1. The molecule has 0 fully saturated rings. The zero-order valence-corrected chi connectivity index (χ0v) is 8.79. The quantitative estimate of drug-likeness (QED) is 0.715. The van der Waals surface area contributed by atoms with Gasteiger partial charge in [-0.2, -0.15) is 5.26 Å². The highest BCUT2D eigenvalue weighted by molar-refractivity contribution is 6.18. The summed E-state index contributed by atoms with van der Waals surface area (Å²) in [6, 6.07) is 9.11. The van der Waals surface area contributed by atoms with E-state index in [-0.39, 0.29) is 0 Å². The van der Waals surface area contributed by atoms with Gasteiger partial charge in [0, 0.05) is 11.8 Å². The van der Waals surface area contributed by atoms with Crippen LogP contribution in [0.25, 0.3) is 0 Å². The van der Waals surface area contributed by atoms with Crippen LogP contribution in [0.2, 0.25) is 0 Å². The minimum atomic E-state index is 0.340. The lowest BCUT2D eigenvalue weighted by atomic mass is 10.2. The molecule has 0 aliphatic heterocycles. The van der Waals surface area contributed by atoms with Crippen LogP contribution in [0.4, 0.5) is 0 Å². The lowest BCUT2D eigenvalue weighted by molar-refractivity contribution is 0.273. The predicted octanol–water partition coefficient (Wildman–Crippen LogP) is 2.81. The molecule has 0 saturated heterocycles. The van der Waals surface area contributed by atoms with E-state index in [9.17, 15) is 0 Å². The Balaban J connectivity index is 2.49. The average Bonchev–Trinajstić information content (AvgIpc) is 2.26. The molecule has 0 aliphatic carbocycles. The fourth-order valence-electron chi connectivity index (χ4n) is 0.909. The number of nitrogens with zero attached hydrogens (tertiary/aromatic N) is 1. The minimum absolute atomic E-state index is 0.340. The summed E-state index contributed by atoms with van der Waals surface area (Å²) in [5, 5.41) is 8.58. The summed E-state index contributed by atoms with van der Waals surface area (Å²) in [5.41, 5.74) is 0.641. The van der Waals surface area contributed by atoms with Gasteiger partial charge in [-0.05, 0) is 24.3 Å². The zero-order valence-electron chi connectivity index (χ0n) is 8.03. The van der Waals surface area contributed by atoms with Gasteiger partial charge >= 0.3 is 0 Å². The molecule has 1 aromatic carbocycles. The molecule has 0 amide bonds. The van der Waals surface area contributed by atoms with Gasteiger partial charge in [0.15, 0.2) is 0 Å². The highest BCUT2D eigenvalue weighted by Crippen LogP contribution is 2.12. The molecule has 0 radical (unpaired) electrons. The summed E-state index contributed by atoms with van der Waals surface area (Å²) in [4.78, 5) is 0. The van der Waals surface area contributed by atoms with Crippen molar-refractivity contribution in [2.24, 2.45) is 5.92 Å². The van der Waals surface area contributed by atoms with E-state index >= 15 is 0 Å². The van der Waals surface area contributed by atoms with Crippen LogP contribution in [0.5, 0.6) is 5.75 Å². The number of rotatable bonds is 4. The largest absolute Gasteiger partial charge is 0.493 e. The van der Waals surface area contributed by atoms with Gasteiger partial charge in [-0.3, -0.25) is 0 Å². The molecule has 0 saturated carbocycles. The fraction of sp³-hybridized carbons (Fsp3) is 0.364. The van der Waals surface area contributed by atoms with Crippen LogP contribution in [0, 0.1) is 17.2 Å². The average molecular weight is 210 g/mol. The summed E-state index contributed by atoms with van der Waals surface area (Å²) >= 11 is 5.64. The maximum absolute atomic E-state index is 8.58. The summed E-state index contributed by atoms with van der Waals surface area (Å²) in [5.74, 6) is 1.71. The molecule has 2 nitrogen and oxygen atoms in total. The Bertz CT molecular complexity index is 315.